The molecule has 0 radical (unpaired) electrons. The van der Waals surface area contributed by atoms with Crippen molar-refractivity contribution in [3.63, 3.8) is 0 Å². The molecule has 0 aliphatic heterocycles. The summed E-state index contributed by atoms with van der Waals surface area (Å²) < 4.78 is 95.4. The molecule has 2 aromatic carbocycles. The molecule has 0 spiro atoms. The monoisotopic (exact) mass is 370 g/mol. The van der Waals surface area contributed by atoms with Gasteiger partial charge in [-0.15, -0.1) is 11.8 Å². The van der Waals surface area contributed by atoms with Crippen molar-refractivity contribution in [2.24, 2.45) is 0 Å². The summed E-state index contributed by atoms with van der Waals surface area (Å²) in [6.07, 6.45) is -8.36. The molecule has 0 fully saturated rings. The van der Waals surface area contributed by atoms with Gasteiger partial charge in [-0.05, 0) is 42.7 Å². The van der Waals surface area contributed by atoms with Gasteiger partial charge in [0, 0.05) is 4.90 Å². The van der Waals surface area contributed by atoms with Gasteiger partial charge in [-0.25, -0.2) is 4.39 Å². The first kappa shape index (κ1) is 18.4. The van der Waals surface area contributed by atoms with E-state index >= 15 is 0 Å². The van der Waals surface area contributed by atoms with Crippen LogP contribution in [0.25, 0.3) is 0 Å². The fourth-order valence-electron chi connectivity index (χ4n) is 1.83. The molecule has 0 amide bonds. The van der Waals surface area contributed by atoms with E-state index < -0.39 is 40.8 Å². The van der Waals surface area contributed by atoms with Gasteiger partial charge in [-0.1, -0.05) is 0 Å². The molecule has 2 rings (SSSR count). The van der Waals surface area contributed by atoms with Crippen molar-refractivity contribution in [1.29, 1.82) is 0 Å². The molecule has 0 aromatic heterocycles. The van der Waals surface area contributed by atoms with Crippen LogP contribution in [0.2, 0.25) is 0 Å². The topological polar surface area (TPSA) is 9.23 Å². The van der Waals surface area contributed by atoms with E-state index in [4.69, 9.17) is 4.74 Å². The van der Waals surface area contributed by atoms with Crippen LogP contribution >= 0.6 is 11.8 Å². The zero-order valence-electron chi connectivity index (χ0n) is 11.9. The van der Waals surface area contributed by atoms with Crippen LogP contribution in [-0.2, 0) is 12.4 Å². The Morgan fingerprint density at radius 1 is 0.833 bits per heavy atom. The number of halogens is 7. The molecular weight excluding hydrogens is 361 g/mol. The molecule has 1 nitrogen and oxygen atoms in total. The standard InChI is InChI=1S/C15H9F7OS/c1-24-9-3-5-13(11(16)7-9)23-12-4-2-8(14(17,18)19)6-10(12)15(20,21)22/h2-7H,1H3. The Bertz CT molecular complexity index is 738. The van der Waals surface area contributed by atoms with Crippen LogP contribution in [0.1, 0.15) is 11.1 Å². The minimum absolute atomic E-state index is 0.0660. The predicted octanol–water partition coefficient (Wildman–Crippen LogP) is 6.38. The third-order valence-electron chi connectivity index (χ3n) is 2.97. The van der Waals surface area contributed by atoms with Crippen LogP contribution in [0, 0.1) is 5.82 Å². The maximum Gasteiger partial charge on any atom is 0.420 e. The normalized spacial score (nSPS) is 12.3. The first-order chi connectivity index (χ1) is 11.0. The van der Waals surface area contributed by atoms with Crippen LogP contribution in [-0.4, -0.2) is 6.26 Å². The number of benzene rings is 2. The van der Waals surface area contributed by atoms with Crippen molar-refractivity contribution in [3.8, 4) is 11.5 Å². The van der Waals surface area contributed by atoms with Crippen LogP contribution in [0.15, 0.2) is 41.3 Å². The Hall–Kier alpha value is -1.90. The average molecular weight is 370 g/mol. The second-order valence-corrected chi connectivity index (χ2v) is 5.48. The SMILES string of the molecule is CSc1ccc(Oc2ccc(C(F)(F)F)cc2C(F)(F)F)c(F)c1. The summed E-state index contributed by atoms with van der Waals surface area (Å²) in [6.45, 7) is 0. The third-order valence-corrected chi connectivity index (χ3v) is 3.70. The van der Waals surface area contributed by atoms with Crippen molar-refractivity contribution < 1.29 is 35.5 Å². The van der Waals surface area contributed by atoms with Gasteiger partial charge in [0.05, 0.1) is 11.1 Å². The van der Waals surface area contributed by atoms with E-state index in [2.05, 4.69) is 0 Å². The van der Waals surface area contributed by atoms with E-state index in [0.717, 1.165) is 12.1 Å². The van der Waals surface area contributed by atoms with Crippen molar-refractivity contribution in [1.82, 2.24) is 0 Å². The molecule has 0 saturated heterocycles. The van der Waals surface area contributed by atoms with Gasteiger partial charge >= 0.3 is 12.4 Å². The van der Waals surface area contributed by atoms with Crippen molar-refractivity contribution in [3.05, 3.63) is 53.3 Å². The molecule has 24 heavy (non-hydrogen) atoms. The highest BCUT2D eigenvalue weighted by Gasteiger charge is 2.39. The van der Waals surface area contributed by atoms with Gasteiger partial charge in [0.2, 0.25) is 0 Å². The molecular formula is C15H9F7OS. The van der Waals surface area contributed by atoms with Crippen LogP contribution < -0.4 is 4.74 Å². The summed E-state index contributed by atoms with van der Waals surface area (Å²) in [4.78, 5) is 0.517. The minimum atomic E-state index is -5.09. The molecule has 0 bridgehead atoms. The Morgan fingerprint density at radius 2 is 1.46 bits per heavy atom. The molecule has 0 N–H and O–H groups in total. The van der Waals surface area contributed by atoms with Gasteiger partial charge in [0.15, 0.2) is 11.6 Å². The highest BCUT2D eigenvalue weighted by Crippen LogP contribution is 2.42. The van der Waals surface area contributed by atoms with Crippen molar-refractivity contribution in [2.75, 3.05) is 6.26 Å². The summed E-state index contributed by atoms with van der Waals surface area (Å²) in [5.74, 6) is -2.35. The maximum atomic E-state index is 13.8. The number of hydrogen-bond acceptors (Lipinski definition) is 2. The molecule has 0 atom stereocenters. The van der Waals surface area contributed by atoms with E-state index in [9.17, 15) is 30.7 Å². The first-order valence-electron chi connectivity index (χ1n) is 6.32. The Kier molecular flexibility index (Phi) is 5.03. The second kappa shape index (κ2) is 6.54. The van der Waals surface area contributed by atoms with Crippen molar-refractivity contribution in [2.45, 2.75) is 17.2 Å². The Balaban J connectivity index is 2.47. The zero-order valence-corrected chi connectivity index (χ0v) is 12.7. The number of hydrogen-bond donors (Lipinski definition) is 0. The fourth-order valence-corrected chi connectivity index (χ4v) is 2.25. The highest BCUT2D eigenvalue weighted by molar-refractivity contribution is 7.98. The van der Waals surface area contributed by atoms with Gasteiger partial charge in [-0.3, -0.25) is 0 Å². The smallest absolute Gasteiger partial charge is 0.420 e. The lowest BCUT2D eigenvalue weighted by molar-refractivity contribution is -0.143. The molecule has 130 valence electrons. The van der Waals surface area contributed by atoms with Gasteiger partial charge in [0.25, 0.3) is 0 Å². The Morgan fingerprint density at radius 3 is 1.96 bits per heavy atom. The summed E-state index contributed by atoms with van der Waals surface area (Å²) >= 11 is 1.21. The lowest BCUT2D eigenvalue weighted by Crippen LogP contribution is -2.12. The van der Waals surface area contributed by atoms with Crippen molar-refractivity contribution >= 4 is 11.8 Å². The zero-order chi connectivity index (χ0) is 18.1. The molecule has 2 aromatic rings. The minimum Gasteiger partial charge on any atom is -0.454 e. The Labute approximate surface area is 136 Å². The summed E-state index contributed by atoms with van der Waals surface area (Å²) in [7, 11) is 0. The third kappa shape index (κ3) is 4.14. The van der Waals surface area contributed by atoms with Crippen LogP contribution in [0.4, 0.5) is 30.7 Å². The summed E-state index contributed by atoms with van der Waals surface area (Å²) in [6, 6.07) is 4.48. The summed E-state index contributed by atoms with van der Waals surface area (Å²) in [5, 5.41) is 0. The number of rotatable bonds is 3. The largest absolute Gasteiger partial charge is 0.454 e. The van der Waals surface area contributed by atoms with Gasteiger partial charge < -0.3 is 4.74 Å². The predicted molar refractivity (Wildman–Crippen MR) is 74.7 cm³/mol. The number of thioether (sulfide) groups is 1. The van der Waals surface area contributed by atoms with E-state index in [-0.39, 0.29) is 6.07 Å². The van der Waals surface area contributed by atoms with Crippen LogP contribution in [0.3, 0.4) is 0 Å². The molecule has 9 heteroatoms. The second-order valence-electron chi connectivity index (χ2n) is 4.60. The van der Waals surface area contributed by atoms with E-state index in [1.54, 1.807) is 6.26 Å². The number of alkyl halides is 6. The van der Waals surface area contributed by atoms with Crippen LogP contribution in [0.5, 0.6) is 11.5 Å². The van der Waals surface area contributed by atoms with E-state index in [1.807, 2.05) is 0 Å². The quantitative estimate of drug-likeness (QED) is 0.458. The number of ether oxygens (including phenoxy) is 1. The maximum absolute atomic E-state index is 13.8. The average Bonchev–Trinajstić information content (AvgIpc) is 2.47. The van der Waals surface area contributed by atoms with Gasteiger partial charge in [-0.2, -0.15) is 26.3 Å². The highest BCUT2D eigenvalue weighted by atomic mass is 32.2. The summed E-state index contributed by atoms with van der Waals surface area (Å²) in [5.41, 5.74) is -3.11. The van der Waals surface area contributed by atoms with E-state index in [0.29, 0.717) is 17.0 Å². The fraction of sp³-hybridized carbons (Fsp3) is 0.200. The molecule has 0 aliphatic carbocycles. The molecule has 0 heterocycles. The molecule has 0 unspecified atom stereocenters. The lowest BCUT2D eigenvalue weighted by atomic mass is 10.1. The first-order valence-corrected chi connectivity index (χ1v) is 7.54. The molecule has 0 saturated carbocycles. The lowest BCUT2D eigenvalue weighted by Gasteiger charge is -2.16. The molecule has 0 aliphatic rings. The van der Waals surface area contributed by atoms with E-state index in [1.165, 1.54) is 17.8 Å². The van der Waals surface area contributed by atoms with Gasteiger partial charge in [0.1, 0.15) is 5.75 Å².